The fourth-order valence-electron chi connectivity index (χ4n) is 2.13. The predicted molar refractivity (Wildman–Crippen MR) is 85.1 cm³/mol. The first-order valence-corrected chi connectivity index (χ1v) is 7.24. The van der Waals surface area contributed by atoms with E-state index >= 15 is 0 Å². The third-order valence-electron chi connectivity index (χ3n) is 3.06. The largest absolute Gasteiger partial charge is 0.393 e. The van der Waals surface area contributed by atoms with E-state index < -0.39 is 0 Å². The Bertz CT molecular complexity index is 652. The Kier molecular flexibility index (Phi) is 4.85. The molecule has 0 saturated heterocycles. The second kappa shape index (κ2) is 6.62. The Morgan fingerprint density at radius 3 is 2.90 bits per heavy atom. The fourth-order valence-corrected chi connectivity index (χ4v) is 2.22. The Balaban J connectivity index is 2.26. The molecule has 0 atom stereocenters. The number of hydrogen-bond donors (Lipinski definition) is 1. The van der Waals surface area contributed by atoms with Gasteiger partial charge in [-0.2, -0.15) is 5.10 Å². The molecule has 7 heteroatoms. The first-order valence-electron chi connectivity index (χ1n) is 6.84. The standard InChI is InChI=1S/C14H19N5OS/c1-10(2)9-18(5-3-13(15)21)14(20)11-7-17-19-6-4-16-8-12(11)19/h4,6-8,10H,3,5,9H2,1-2H3,(H2,15,21). The third-order valence-corrected chi connectivity index (χ3v) is 3.26. The van der Waals surface area contributed by atoms with Gasteiger partial charge >= 0.3 is 0 Å². The number of nitrogens with two attached hydrogens (primary N) is 1. The van der Waals surface area contributed by atoms with Crippen molar-refractivity contribution in [2.45, 2.75) is 20.3 Å². The van der Waals surface area contributed by atoms with Crippen molar-refractivity contribution in [1.29, 1.82) is 0 Å². The van der Waals surface area contributed by atoms with Crippen LogP contribution in [-0.2, 0) is 0 Å². The predicted octanol–water partition coefficient (Wildman–Crippen LogP) is 1.50. The van der Waals surface area contributed by atoms with Gasteiger partial charge in [-0.05, 0) is 5.92 Å². The zero-order chi connectivity index (χ0) is 15.4. The highest BCUT2D eigenvalue weighted by Gasteiger charge is 2.20. The molecule has 0 aliphatic carbocycles. The third kappa shape index (κ3) is 3.75. The quantitative estimate of drug-likeness (QED) is 0.819. The topological polar surface area (TPSA) is 76.5 Å². The normalized spacial score (nSPS) is 11.0. The number of carbonyl (C=O) groups excluding carboxylic acids is 1. The van der Waals surface area contributed by atoms with Crippen LogP contribution in [0.4, 0.5) is 0 Å². The number of amides is 1. The molecule has 2 aromatic heterocycles. The van der Waals surface area contributed by atoms with Crippen molar-refractivity contribution in [3.63, 3.8) is 0 Å². The molecule has 1 amide bonds. The minimum Gasteiger partial charge on any atom is -0.393 e. The smallest absolute Gasteiger partial charge is 0.257 e. The molecule has 2 aromatic rings. The van der Waals surface area contributed by atoms with Crippen molar-refractivity contribution in [1.82, 2.24) is 19.5 Å². The van der Waals surface area contributed by atoms with Crippen LogP contribution in [0.3, 0.4) is 0 Å². The summed E-state index contributed by atoms with van der Waals surface area (Å²) in [5, 5.41) is 4.18. The van der Waals surface area contributed by atoms with E-state index in [2.05, 4.69) is 23.9 Å². The first-order chi connectivity index (χ1) is 9.99. The molecule has 6 nitrogen and oxygen atoms in total. The molecule has 0 aliphatic rings. The first kappa shape index (κ1) is 15.4. The van der Waals surface area contributed by atoms with Gasteiger partial charge in [0, 0.05) is 31.9 Å². The van der Waals surface area contributed by atoms with E-state index in [0.29, 0.717) is 41.5 Å². The second-order valence-electron chi connectivity index (χ2n) is 5.33. The summed E-state index contributed by atoms with van der Waals surface area (Å²) in [5.41, 5.74) is 6.80. The van der Waals surface area contributed by atoms with Crippen LogP contribution in [-0.4, -0.2) is 43.5 Å². The van der Waals surface area contributed by atoms with Gasteiger partial charge in [-0.3, -0.25) is 9.78 Å². The summed E-state index contributed by atoms with van der Waals surface area (Å²) in [5.74, 6) is 0.295. The van der Waals surface area contributed by atoms with E-state index in [1.165, 1.54) is 0 Å². The van der Waals surface area contributed by atoms with Crippen LogP contribution in [0.25, 0.3) is 5.52 Å². The molecule has 0 aromatic carbocycles. The Labute approximate surface area is 128 Å². The molecule has 2 N–H and O–H groups in total. The minimum atomic E-state index is -0.0667. The maximum absolute atomic E-state index is 12.7. The molecule has 0 radical (unpaired) electrons. The molecule has 0 saturated carbocycles. The highest BCUT2D eigenvalue weighted by Crippen LogP contribution is 2.13. The summed E-state index contributed by atoms with van der Waals surface area (Å²) >= 11 is 4.90. The summed E-state index contributed by atoms with van der Waals surface area (Å²) in [4.78, 5) is 19.0. The van der Waals surface area contributed by atoms with Crippen LogP contribution in [0.5, 0.6) is 0 Å². The Hall–Kier alpha value is -2.02. The second-order valence-corrected chi connectivity index (χ2v) is 5.85. The number of rotatable bonds is 6. The SMILES string of the molecule is CC(C)CN(CCC(N)=S)C(=O)c1cnn2ccncc12. The summed E-state index contributed by atoms with van der Waals surface area (Å²) in [6.07, 6.45) is 7.08. The molecular weight excluding hydrogens is 286 g/mol. The molecule has 0 spiro atoms. The summed E-state index contributed by atoms with van der Waals surface area (Å²) in [6, 6.07) is 0. The molecule has 0 aliphatic heterocycles. The van der Waals surface area contributed by atoms with Crippen LogP contribution >= 0.6 is 12.2 Å². The number of nitrogens with zero attached hydrogens (tertiary/aromatic N) is 4. The van der Waals surface area contributed by atoms with Gasteiger partial charge in [0.25, 0.3) is 5.91 Å². The molecule has 2 heterocycles. The van der Waals surface area contributed by atoms with E-state index in [-0.39, 0.29) is 5.91 Å². The van der Waals surface area contributed by atoms with Gasteiger partial charge < -0.3 is 10.6 Å². The van der Waals surface area contributed by atoms with Crippen LogP contribution in [0.2, 0.25) is 0 Å². The molecule has 0 fully saturated rings. The van der Waals surface area contributed by atoms with Gasteiger partial charge in [0.05, 0.1) is 28.5 Å². The van der Waals surface area contributed by atoms with E-state index in [1.807, 2.05) is 0 Å². The van der Waals surface area contributed by atoms with Gasteiger partial charge in [0.15, 0.2) is 0 Å². The Morgan fingerprint density at radius 2 is 2.24 bits per heavy atom. The number of carbonyl (C=O) groups is 1. The summed E-state index contributed by atoms with van der Waals surface area (Å²) < 4.78 is 1.64. The maximum atomic E-state index is 12.7. The lowest BCUT2D eigenvalue weighted by molar-refractivity contribution is 0.0743. The van der Waals surface area contributed by atoms with Gasteiger partial charge in [-0.15, -0.1) is 0 Å². The van der Waals surface area contributed by atoms with Crippen molar-refractivity contribution < 1.29 is 4.79 Å². The van der Waals surface area contributed by atoms with Gasteiger partial charge in [0.1, 0.15) is 0 Å². The zero-order valence-corrected chi connectivity index (χ0v) is 13.0. The van der Waals surface area contributed by atoms with E-state index in [0.717, 1.165) is 0 Å². The molecule has 21 heavy (non-hydrogen) atoms. The number of fused-ring (bicyclic) bond motifs is 1. The van der Waals surface area contributed by atoms with Crippen molar-refractivity contribution in [3.8, 4) is 0 Å². The molecular formula is C14H19N5OS. The van der Waals surface area contributed by atoms with E-state index in [9.17, 15) is 4.79 Å². The lowest BCUT2D eigenvalue weighted by Crippen LogP contribution is -2.36. The van der Waals surface area contributed by atoms with Crippen molar-refractivity contribution in [3.05, 3.63) is 30.4 Å². The average Bonchev–Trinajstić information content (AvgIpc) is 2.86. The van der Waals surface area contributed by atoms with Gasteiger partial charge in [-0.1, -0.05) is 26.1 Å². The van der Waals surface area contributed by atoms with Crippen molar-refractivity contribution in [2.75, 3.05) is 13.1 Å². The van der Waals surface area contributed by atoms with Crippen LogP contribution in [0.1, 0.15) is 30.6 Å². The number of thiocarbonyl (C=S) groups is 1. The average molecular weight is 305 g/mol. The lowest BCUT2D eigenvalue weighted by atomic mass is 10.1. The molecule has 0 bridgehead atoms. The summed E-state index contributed by atoms with van der Waals surface area (Å²) in [6.45, 7) is 5.31. The molecule has 112 valence electrons. The minimum absolute atomic E-state index is 0.0667. The maximum Gasteiger partial charge on any atom is 0.257 e. The Morgan fingerprint density at radius 1 is 1.48 bits per heavy atom. The highest BCUT2D eigenvalue weighted by atomic mass is 32.1. The number of hydrogen-bond acceptors (Lipinski definition) is 4. The zero-order valence-electron chi connectivity index (χ0n) is 12.2. The molecule has 2 rings (SSSR count). The highest BCUT2D eigenvalue weighted by molar-refractivity contribution is 7.80. The van der Waals surface area contributed by atoms with Crippen LogP contribution in [0, 0.1) is 5.92 Å². The lowest BCUT2D eigenvalue weighted by Gasteiger charge is -2.24. The van der Waals surface area contributed by atoms with Gasteiger partial charge in [-0.25, -0.2) is 4.52 Å². The van der Waals surface area contributed by atoms with E-state index in [4.69, 9.17) is 18.0 Å². The fraction of sp³-hybridized carbons (Fsp3) is 0.429. The van der Waals surface area contributed by atoms with Crippen LogP contribution < -0.4 is 5.73 Å². The van der Waals surface area contributed by atoms with Gasteiger partial charge in [0.2, 0.25) is 0 Å². The van der Waals surface area contributed by atoms with Crippen molar-refractivity contribution >= 4 is 28.6 Å². The van der Waals surface area contributed by atoms with Crippen molar-refractivity contribution in [2.24, 2.45) is 11.7 Å². The van der Waals surface area contributed by atoms with Crippen LogP contribution in [0.15, 0.2) is 24.8 Å². The monoisotopic (exact) mass is 305 g/mol. The number of aromatic nitrogens is 3. The summed E-state index contributed by atoms with van der Waals surface area (Å²) in [7, 11) is 0. The van der Waals surface area contributed by atoms with E-state index in [1.54, 1.807) is 34.2 Å². The molecule has 0 unspecified atom stereocenters.